The Morgan fingerprint density at radius 3 is 2.16 bits per heavy atom. The van der Waals surface area contributed by atoms with Gasteiger partial charge in [-0.15, -0.1) is 0 Å². The number of rotatable bonds is 12. The third-order valence-electron chi connectivity index (χ3n) is 7.42. The largest absolute Gasteiger partial charge is 0.236 e. The van der Waals surface area contributed by atoms with Gasteiger partial charge < -0.3 is 0 Å². The summed E-state index contributed by atoms with van der Waals surface area (Å²) < 4.78 is 0. The molecule has 2 aromatic rings. The number of aromatic nitrogens is 2. The molecule has 0 atom stereocenters. The van der Waals surface area contributed by atoms with Crippen LogP contribution >= 0.6 is 0 Å². The molecule has 3 rings (SSSR count). The van der Waals surface area contributed by atoms with Crippen LogP contribution in [-0.2, 0) is 11.8 Å². The van der Waals surface area contributed by atoms with Crippen molar-refractivity contribution in [2.24, 2.45) is 0 Å². The molecular formula is C29H44N2. The SMILES string of the molecule is CCCCCCCc1cnc(-c2ccc(C3(CCCCC)CCCCC3)cc2C)nc1. The van der Waals surface area contributed by atoms with Crippen LogP contribution in [0.4, 0.5) is 0 Å². The zero-order valence-electron chi connectivity index (χ0n) is 20.4. The second kappa shape index (κ2) is 12.4. The fourth-order valence-electron chi connectivity index (χ4n) is 5.43. The van der Waals surface area contributed by atoms with E-state index < -0.39 is 0 Å². The number of nitrogens with zero attached hydrogens (tertiary/aromatic N) is 2. The minimum Gasteiger partial charge on any atom is -0.236 e. The molecule has 1 aliphatic rings. The fourth-order valence-corrected chi connectivity index (χ4v) is 5.43. The van der Waals surface area contributed by atoms with Crippen LogP contribution in [0, 0.1) is 6.92 Å². The Labute approximate surface area is 191 Å². The monoisotopic (exact) mass is 420 g/mol. The van der Waals surface area contributed by atoms with Crippen molar-refractivity contribution < 1.29 is 0 Å². The van der Waals surface area contributed by atoms with Crippen LogP contribution in [-0.4, -0.2) is 9.97 Å². The summed E-state index contributed by atoms with van der Waals surface area (Å²) in [6.07, 6.45) is 24.0. The van der Waals surface area contributed by atoms with Crippen LogP contribution in [0.15, 0.2) is 30.6 Å². The molecular weight excluding hydrogens is 376 g/mol. The number of hydrogen-bond acceptors (Lipinski definition) is 2. The minimum absolute atomic E-state index is 0.402. The summed E-state index contributed by atoms with van der Waals surface area (Å²) in [6, 6.07) is 7.14. The van der Waals surface area contributed by atoms with Crippen molar-refractivity contribution in [2.45, 2.75) is 122 Å². The van der Waals surface area contributed by atoms with Crippen LogP contribution in [0.2, 0.25) is 0 Å². The average molecular weight is 421 g/mol. The topological polar surface area (TPSA) is 25.8 Å². The number of unbranched alkanes of at least 4 members (excludes halogenated alkanes) is 6. The van der Waals surface area contributed by atoms with Gasteiger partial charge in [-0.05, 0) is 61.1 Å². The molecule has 0 radical (unpaired) electrons. The Hall–Kier alpha value is -1.70. The zero-order valence-corrected chi connectivity index (χ0v) is 20.4. The molecule has 2 heteroatoms. The van der Waals surface area contributed by atoms with Crippen molar-refractivity contribution in [3.63, 3.8) is 0 Å². The average Bonchev–Trinajstić information content (AvgIpc) is 2.80. The predicted octanol–water partition coefficient (Wildman–Crippen LogP) is 8.75. The van der Waals surface area contributed by atoms with E-state index >= 15 is 0 Å². The van der Waals surface area contributed by atoms with E-state index in [1.165, 1.54) is 107 Å². The Balaban J connectivity index is 1.69. The van der Waals surface area contributed by atoms with Gasteiger partial charge in [0, 0.05) is 18.0 Å². The molecule has 1 heterocycles. The van der Waals surface area contributed by atoms with Gasteiger partial charge in [0.25, 0.3) is 0 Å². The van der Waals surface area contributed by atoms with E-state index in [0.717, 1.165) is 12.2 Å². The molecule has 0 spiro atoms. The lowest BCUT2D eigenvalue weighted by molar-refractivity contribution is 0.266. The van der Waals surface area contributed by atoms with Gasteiger partial charge in [0.05, 0.1) is 0 Å². The lowest BCUT2D eigenvalue weighted by Crippen LogP contribution is -2.29. The van der Waals surface area contributed by atoms with Crippen molar-refractivity contribution in [1.29, 1.82) is 0 Å². The molecule has 0 N–H and O–H groups in total. The summed E-state index contributed by atoms with van der Waals surface area (Å²) >= 11 is 0. The van der Waals surface area contributed by atoms with Gasteiger partial charge in [-0.25, -0.2) is 9.97 Å². The number of hydrogen-bond donors (Lipinski definition) is 0. The smallest absolute Gasteiger partial charge is 0.159 e. The van der Waals surface area contributed by atoms with Crippen LogP contribution < -0.4 is 0 Å². The normalized spacial score (nSPS) is 15.8. The van der Waals surface area contributed by atoms with E-state index in [-0.39, 0.29) is 0 Å². The maximum Gasteiger partial charge on any atom is 0.159 e. The first-order chi connectivity index (χ1) is 15.2. The Bertz CT molecular complexity index is 772. The predicted molar refractivity (Wildman–Crippen MR) is 134 cm³/mol. The summed E-state index contributed by atoms with van der Waals surface area (Å²) in [5, 5.41) is 0. The Morgan fingerprint density at radius 1 is 0.806 bits per heavy atom. The molecule has 0 aliphatic heterocycles. The van der Waals surface area contributed by atoms with Gasteiger partial charge in [0.1, 0.15) is 0 Å². The van der Waals surface area contributed by atoms with Crippen molar-refractivity contribution in [1.82, 2.24) is 9.97 Å². The quantitative estimate of drug-likeness (QED) is 0.321. The Kier molecular flexibility index (Phi) is 9.55. The highest BCUT2D eigenvalue weighted by Crippen LogP contribution is 2.44. The highest BCUT2D eigenvalue weighted by molar-refractivity contribution is 5.61. The van der Waals surface area contributed by atoms with Crippen molar-refractivity contribution in [2.75, 3.05) is 0 Å². The number of aryl methyl sites for hydroxylation is 2. The van der Waals surface area contributed by atoms with Gasteiger partial charge >= 0.3 is 0 Å². The summed E-state index contributed by atoms with van der Waals surface area (Å²) in [5.41, 5.74) is 5.75. The molecule has 0 saturated heterocycles. The molecule has 0 bridgehead atoms. The summed E-state index contributed by atoms with van der Waals surface area (Å²) in [6.45, 7) is 6.82. The number of benzene rings is 1. The second-order valence-corrected chi connectivity index (χ2v) is 9.91. The van der Waals surface area contributed by atoms with Gasteiger partial charge in [-0.2, -0.15) is 0 Å². The summed E-state index contributed by atoms with van der Waals surface area (Å²) in [5.74, 6) is 0.877. The first kappa shape index (κ1) is 24.0. The second-order valence-electron chi connectivity index (χ2n) is 9.91. The Morgan fingerprint density at radius 2 is 1.48 bits per heavy atom. The zero-order chi connectivity index (χ0) is 21.9. The molecule has 170 valence electrons. The maximum absolute atomic E-state index is 4.73. The van der Waals surface area contributed by atoms with Crippen LogP contribution in [0.3, 0.4) is 0 Å². The minimum atomic E-state index is 0.402. The standard InChI is InChI=1S/C29H44N2/c1-4-6-8-9-11-15-25-22-30-28(31-23-25)27-17-16-26(21-24(27)3)29(18-12-7-5-2)19-13-10-14-20-29/h16-17,21-23H,4-15,18-20H2,1-3H3. The molecule has 1 saturated carbocycles. The van der Waals surface area contributed by atoms with E-state index in [4.69, 9.17) is 9.97 Å². The molecule has 1 fully saturated rings. The van der Waals surface area contributed by atoms with E-state index in [0.29, 0.717) is 5.41 Å². The van der Waals surface area contributed by atoms with Crippen molar-refractivity contribution >= 4 is 0 Å². The van der Waals surface area contributed by atoms with Gasteiger partial charge in [0.2, 0.25) is 0 Å². The highest BCUT2D eigenvalue weighted by Gasteiger charge is 2.33. The molecule has 1 aromatic heterocycles. The van der Waals surface area contributed by atoms with E-state index in [9.17, 15) is 0 Å². The lowest BCUT2D eigenvalue weighted by atomic mass is 9.66. The molecule has 0 unspecified atom stereocenters. The molecule has 0 amide bonds. The molecule has 1 aliphatic carbocycles. The third-order valence-corrected chi connectivity index (χ3v) is 7.42. The maximum atomic E-state index is 4.73. The third kappa shape index (κ3) is 6.64. The van der Waals surface area contributed by atoms with Crippen LogP contribution in [0.25, 0.3) is 11.4 Å². The van der Waals surface area contributed by atoms with Crippen molar-refractivity contribution in [3.8, 4) is 11.4 Å². The van der Waals surface area contributed by atoms with Gasteiger partial charge in [-0.1, -0.05) is 96.3 Å². The van der Waals surface area contributed by atoms with Gasteiger partial charge in [-0.3, -0.25) is 0 Å². The summed E-state index contributed by atoms with van der Waals surface area (Å²) in [4.78, 5) is 9.47. The lowest BCUT2D eigenvalue weighted by Gasteiger charge is -2.38. The molecule has 1 aromatic carbocycles. The summed E-state index contributed by atoms with van der Waals surface area (Å²) in [7, 11) is 0. The van der Waals surface area contributed by atoms with Crippen LogP contribution in [0.1, 0.15) is 120 Å². The fraction of sp³-hybridized carbons (Fsp3) is 0.655. The van der Waals surface area contributed by atoms with Gasteiger partial charge in [0.15, 0.2) is 5.82 Å². The van der Waals surface area contributed by atoms with Crippen LogP contribution in [0.5, 0.6) is 0 Å². The molecule has 31 heavy (non-hydrogen) atoms. The highest BCUT2D eigenvalue weighted by atomic mass is 14.9. The molecule has 2 nitrogen and oxygen atoms in total. The van der Waals surface area contributed by atoms with E-state index in [1.807, 2.05) is 12.4 Å². The van der Waals surface area contributed by atoms with Crippen molar-refractivity contribution in [3.05, 3.63) is 47.3 Å². The first-order valence-electron chi connectivity index (χ1n) is 13.1. The first-order valence-corrected chi connectivity index (χ1v) is 13.1. The van der Waals surface area contributed by atoms with E-state index in [1.54, 1.807) is 5.56 Å². The van der Waals surface area contributed by atoms with E-state index in [2.05, 4.69) is 39.0 Å².